The number of anilines is 2. The number of likely N-dealkylation sites (tertiary alicyclic amines) is 1. The minimum atomic E-state index is -3.61. The van der Waals surface area contributed by atoms with Crippen LogP contribution in [0.3, 0.4) is 0 Å². The molecule has 1 amide bonds. The Morgan fingerprint density at radius 3 is 2.74 bits per heavy atom. The van der Waals surface area contributed by atoms with E-state index in [9.17, 15) is 13.2 Å². The number of aliphatic imine (C=N–C) groups is 1. The SMILES string of the molecule is CCCC(C)(C)OCC[C@H](C)NC(N)=NC1CCN(c2nc3cc(C4CCCCN4C(=O)c4cc(Cl)ccc4NS(C)(=O)=O)nn3cc2C)C1. The van der Waals surface area contributed by atoms with E-state index in [1.54, 1.807) is 15.5 Å². The zero-order valence-corrected chi connectivity index (χ0v) is 31.6. The molecule has 3 aromatic rings. The number of aryl methyl sites for hydroxylation is 1. The van der Waals surface area contributed by atoms with Crippen LogP contribution in [0.1, 0.15) is 100 Å². The number of halogens is 1. The van der Waals surface area contributed by atoms with Gasteiger partial charge in [0.05, 0.1) is 40.9 Å². The molecular weight excluding hydrogens is 678 g/mol. The van der Waals surface area contributed by atoms with Gasteiger partial charge in [0.1, 0.15) is 5.82 Å². The number of ether oxygens (including phenoxy) is 1. The predicted octanol–water partition coefficient (Wildman–Crippen LogP) is 5.29. The fourth-order valence-electron chi connectivity index (χ4n) is 6.91. The lowest BCUT2D eigenvalue weighted by Crippen LogP contribution is -2.40. The molecule has 3 atom stereocenters. The largest absolute Gasteiger partial charge is 0.375 e. The van der Waals surface area contributed by atoms with Crippen LogP contribution in [-0.4, -0.2) is 90.0 Å². The quantitative estimate of drug-likeness (QED) is 0.157. The molecule has 4 heterocycles. The number of amides is 1. The van der Waals surface area contributed by atoms with Gasteiger partial charge in [-0.05, 0) is 84.4 Å². The summed E-state index contributed by atoms with van der Waals surface area (Å²) in [5.41, 5.74) is 9.00. The molecule has 0 bridgehead atoms. The minimum absolute atomic E-state index is 0.0442. The fraction of sp³-hybridized carbons (Fsp3) is 0.600. The standard InChI is InChI=1S/C35H52ClN9O4S/c1-7-15-35(4,5)49-18-14-24(3)38-34(37)39-26-13-17-43(22-26)32-23(2)21-45-31(40-32)20-29(41-45)30-10-8-9-16-44(30)33(46)27-19-25(36)11-12-28(27)42-50(6,47)48/h11-12,19-21,24,26,30,42H,7-10,13-18,22H2,1-6H3,(H3,37,38,39)/t24-,26?,30?/m0/s1. The van der Waals surface area contributed by atoms with Gasteiger partial charge in [0.25, 0.3) is 5.91 Å². The van der Waals surface area contributed by atoms with Gasteiger partial charge in [0, 0.05) is 55.1 Å². The van der Waals surface area contributed by atoms with Gasteiger partial charge in [-0.1, -0.05) is 24.9 Å². The summed E-state index contributed by atoms with van der Waals surface area (Å²) in [7, 11) is -3.61. The maximum Gasteiger partial charge on any atom is 0.256 e. The van der Waals surface area contributed by atoms with Crippen molar-refractivity contribution in [2.75, 3.05) is 42.1 Å². The molecule has 0 saturated carbocycles. The van der Waals surface area contributed by atoms with E-state index in [2.05, 4.69) is 42.6 Å². The highest BCUT2D eigenvalue weighted by Gasteiger charge is 2.33. The summed E-state index contributed by atoms with van der Waals surface area (Å²) in [6.07, 6.45) is 9.33. The molecule has 50 heavy (non-hydrogen) atoms. The second-order valence-electron chi connectivity index (χ2n) is 14.3. The number of hydrogen-bond acceptors (Lipinski definition) is 8. The van der Waals surface area contributed by atoms with Gasteiger partial charge in [-0.25, -0.2) is 22.9 Å². The molecule has 274 valence electrons. The third-order valence-electron chi connectivity index (χ3n) is 9.31. The summed E-state index contributed by atoms with van der Waals surface area (Å²) < 4.78 is 34.4. The van der Waals surface area contributed by atoms with Crippen LogP contribution in [0.5, 0.6) is 0 Å². The summed E-state index contributed by atoms with van der Waals surface area (Å²) in [6.45, 7) is 13.2. The summed E-state index contributed by atoms with van der Waals surface area (Å²) in [6, 6.07) is 6.40. The van der Waals surface area contributed by atoms with Crippen LogP contribution >= 0.6 is 11.6 Å². The number of fused-ring (bicyclic) bond motifs is 1. The lowest BCUT2D eigenvalue weighted by molar-refractivity contribution is -0.0265. The number of carbonyl (C=O) groups is 1. The van der Waals surface area contributed by atoms with Crippen molar-refractivity contribution in [1.82, 2.24) is 24.8 Å². The average Bonchev–Trinajstić information content (AvgIpc) is 3.67. The normalized spacial score (nSPS) is 19.6. The molecule has 15 heteroatoms. The first kappa shape index (κ1) is 37.6. The summed E-state index contributed by atoms with van der Waals surface area (Å²) in [5.74, 6) is 1.02. The van der Waals surface area contributed by atoms with Gasteiger partial charge < -0.3 is 25.6 Å². The molecule has 2 saturated heterocycles. The lowest BCUT2D eigenvalue weighted by atomic mass is 9.98. The number of piperidine rings is 1. The zero-order chi connectivity index (χ0) is 36.2. The third kappa shape index (κ3) is 9.58. The second kappa shape index (κ2) is 15.7. The Hall–Kier alpha value is -3.62. The number of hydrogen-bond donors (Lipinski definition) is 3. The van der Waals surface area contributed by atoms with Crippen LogP contribution in [-0.2, 0) is 14.8 Å². The predicted molar refractivity (Wildman–Crippen MR) is 200 cm³/mol. The highest BCUT2D eigenvalue weighted by Crippen LogP contribution is 2.34. The van der Waals surface area contributed by atoms with Gasteiger partial charge in [0.2, 0.25) is 10.0 Å². The molecule has 2 unspecified atom stereocenters. The number of nitrogens with zero attached hydrogens (tertiary/aromatic N) is 6. The van der Waals surface area contributed by atoms with Crippen molar-refractivity contribution >= 4 is 50.6 Å². The fourth-order valence-corrected chi connectivity index (χ4v) is 7.66. The molecule has 0 spiro atoms. The van der Waals surface area contributed by atoms with Gasteiger partial charge >= 0.3 is 0 Å². The number of aromatic nitrogens is 3. The maximum atomic E-state index is 14.0. The third-order valence-corrected chi connectivity index (χ3v) is 10.1. The lowest BCUT2D eigenvalue weighted by Gasteiger charge is -2.35. The van der Waals surface area contributed by atoms with E-state index in [-0.39, 0.29) is 40.9 Å². The van der Waals surface area contributed by atoms with Gasteiger partial charge in [-0.15, -0.1) is 0 Å². The number of guanidine groups is 1. The van der Waals surface area contributed by atoms with E-state index in [1.807, 2.05) is 19.2 Å². The smallest absolute Gasteiger partial charge is 0.256 e. The van der Waals surface area contributed by atoms with Gasteiger partial charge in [0.15, 0.2) is 11.6 Å². The van der Waals surface area contributed by atoms with Crippen LogP contribution in [0.4, 0.5) is 11.5 Å². The number of benzene rings is 1. The summed E-state index contributed by atoms with van der Waals surface area (Å²) in [5, 5.41) is 8.53. The van der Waals surface area contributed by atoms with Crippen LogP contribution in [0, 0.1) is 6.92 Å². The number of carbonyl (C=O) groups excluding carboxylic acids is 1. The Morgan fingerprint density at radius 2 is 2.00 bits per heavy atom. The number of rotatable bonds is 13. The first-order chi connectivity index (χ1) is 23.6. The Balaban J connectivity index is 1.27. The van der Waals surface area contributed by atoms with Crippen LogP contribution in [0.15, 0.2) is 35.5 Å². The van der Waals surface area contributed by atoms with Gasteiger partial charge in [-0.3, -0.25) is 9.52 Å². The Labute approximate surface area is 301 Å². The molecule has 2 aromatic heterocycles. The number of nitrogens with one attached hydrogen (secondary N) is 2. The van der Waals surface area contributed by atoms with Gasteiger partial charge in [-0.2, -0.15) is 5.10 Å². The monoisotopic (exact) mass is 729 g/mol. The van der Waals surface area contributed by atoms with Crippen molar-refractivity contribution in [3.63, 3.8) is 0 Å². The molecule has 4 N–H and O–H groups in total. The summed E-state index contributed by atoms with van der Waals surface area (Å²) in [4.78, 5) is 27.8. The van der Waals surface area contributed by atoms with Crippen molar-refractivity contribution in [3.8, 4) is 0 Å². The molecule has 2 aliphatic rings. The van der Waals surface area contributed by atoms with Crippen LogP contribution < -0.4 is 20.7 Å². The Kier molecular flexibility index (Phi) is 11.8. The van der Waals surface area contributed by atoms with E-state index in [0.717, 1.165) is 74.8 Å². The van der Waals surface area contributed by atoms with E-state index >= 15 is 0 Å². The van der Waals surface area contributed by atoms with E-state index in [1.165, 1.54) is 12.1 Å². The topological polar surface area (TPSA) is 160 Å². The molecule has 13 nitrogen and oxygen atoms in total. The molecule has 5 rings (SSSR count). The van der Waals surface area contributed by atoms with Crippen molar-refractivity contribution in [3.05, 3.63) is 52.3 Å². The van der Waals surface area contributed by atoms with Crippen LogP contribution in [0.25, 0.3) is 5.65 Å². The molecule has 1 aromatic carbocycles. The van der Waals surface area contributed by atoms with Crippen molar-refractivity contribution < 1.29 is 17.9 Å². The molecule has 2 fully saturated rings. The molecular formula is C35H52ClN9O4S. The van der Waals surface area contributed by atoms with Crippen LogP contribution in [0.2, 0.25) is 5.02 Å². The number of nitrogens with two attached hydrogens (primary N) is 1. The van der Waals surface area contributed by atoms with Crippen molar-refractivity contribution in [1.29, 1.82) is 0 Å². The van der Waals surface area contributed by atoms with E-state index in [4.69, 9.17) is 37.1 Å². The Bertz CT molecular complexity index is 1810. The van der Waals surface area contributed by atoms with E-state index < -0.39 is 10.0 Å². The average molecular weight is 730 g/mol. The second-order valence-corrected chi connectivity index (χ2v) is 16.5. The number of sulfonamides is 1. The van der Waals surface area contributed by atoms with E-state index in [0.29, 0.717) is 36.3 Å². The molecule has 2 aliphatic heterocycles. The highest BCUT2D eigenvalue weighted by molar-refractivity contribution is 7.92. The molecule has 0 radical (unpaired) electrons. The maximum absolute atomic E-state index is 14.0. The van der Waals surface area contributed by atoms with Crippen molar-refractivity contribution in [2.45, 2.75) is 103 Å². The molecule has 0 aliphatic carbocycles. The zero-order valence-electron chi connectivity index (χ0n) is 30.1. The van der Waals surface area contributed by atoms with Crippen molar-refractivity contribution in [2.24, 2.45) is 10.7 Å². The first-order valence-electron chi connectivity index (χ1n) is 17.6. The minimum Gasteiger partial charge on any atom is -0.375 e. The highest BCUT2D eigenvalue weighted by atomic mass is 35.5. The summed E-state index contributed by atoms with van der Waals surface area (Å²) >= 11 is 6.26. The Morgan fingerprint density at radius 1 is 1.22 bits per heavy atom. The first-order valence-corrected chi connectivity index (χ1v) is 19.8.